The summed E-state index contributed by atoms with van der Waals surface area (Å²) < 4.78 is 19.2. The van der Waals surface area contributed by atoms with E-state index in [2.05, 4.69) is 5.32 Å². The van der Waals surface area contributed by atoms with Crippen molar-refractivity contribution in [1.82, 2.24) is 5.32 Å². The highest BCUT2D eigenvalue weighted by molar-refractivity contribution is 5.85. The first kappa shape index (κ1) is 17.7. The molecular formula is C16H21ClFNO2. The molecule has 0 spiro atoms. The van der Waals surface area contributed by atoms with E-state index in [1.807, 2.05) is 6.07 Å². The maximum absolute atomic E-state index is 13.6. The van der Waals surface area contributed by atoms with Crippen molar-refractivity contribution in [1.29, 1.82) is 0 Å². The molecule has 0 saturated heterocycles. The van der Waals surface area contributed by atoms with Crippen LogP contribution in [0.25, 0.3) is 11.3 Å². The van der Waals surface area contributed by atoms with Crippen molar-refractivity contribution in [2.24, 2.45) is 0 Å². The summed E-state index contributed by atoms with van der Waals surface area (Å²) in [5, 5.41) is 11.9. The van der Waals surface area contributed by atoms with E-state index in [9.17, 15) is 4.39 Å². The highest BCUT2D eigenvalue weighted by atomic mass is 35.5. The van der Waals surface area contributed by atoms with Gasteiger partial charge in [0.1, 0.15) is 17.3 Å². The predicted molar refractivity (Wildman–Crippen MR) is 84.0 cm³/mol. The molecule has 0 amide bonds. The van der Waals surface area contributed by atoms with E-state index >= 15 is 0 Å². The minimum Gasteiger partial charge on any atom is -0.460 e. The van der Waals surface area contributed by atoms with Crippen molar-refractivity contribution < 1.29 is 13.9 Å². The van der Waals surface area contributed by atoms with E-state index in [1.165, 1.54) is 6.07 Å². The average Bonchev–Trinajstić information content (AvgIpc) is 2.92. The molecule has 0 saturated carbocycles. The first-order chi connectivity index (χ1) is 9.81. The summed E-state index contributed by atoms with van der Waals surface area (Å²) in [6.07, 6.45) is 2.89. The van der Waals surface area contributed by atoms with Gasteiger partial charge in [0.25, 0.3) is 0 Å². The molecule has 3 nitrogen and oxygen atoms in total. The highest BCUT2D eigenvalue weighted by Gasteiger charge is 2.08. The second-order valence-electron chi connectivity index (χ2n) is 4.71. The third-order valence-electron chi connectivity index (χ3n) is 3.11. The van der Waals surface area contributed by atoms with Crippen molar-refractivity contribution >= 4 is 12.4 Å². The Kier molecular flexibility index (Phi) is 8.05. The fourth-order valence-corrected chi connectivity index (χ4v) is 2.03. The number of nitrogens with one attached hydrogen (secondary N) is 1. The van der Waals surface area contributed by atoms with Crippen molar-refractivity contribution in [3.63, 3.8) is 0 Å². The number of aliphatic hydroxyl groups is 1. The molecule has 21 heavy (non-hydrogen) atoms. The van der Waals surface area contributed by atoms with Gasteiger partial charge in [-0.2, -0.15) is 0 Å². The van der Waals surface area contributed by atoms with Gasteiger partial charge < -0.3 is 14.8 Å². The molecule has 1 heterocycles. The number of hydrogen-bond donors (Lipinski definition) is 2. The minimum atomic E-state index is -0.273. The van der Waals surface area contributed by atoms with Crippen molar-refractivity contribution in [3.05, 3.63) is 48.0 Å². The molecule has 0 atom stereocenters. The molecule has 0 unspecified atom stereocenters. The summed E-state index contributed by atoms with van der Waals surface area (Å²) >= 11 is 0. The van der Waals surface area contributed by atoms with E-state index in [0.717, 1.165) is 31.6 Å². The smallest absolute Gasteiger partial charge is 0.137 e. The number of furan rings is 1. The van der Waals surface area contributed by atoms with Gasteiger partial charge in [-0.25, -0.2) is 4.39 Å². The number of halogens is 2. The first-order valence-corrected chi connectivity index (χ1v) is 6.96. The van der Waals surface area contributed by atoms with Gasteiger partial charge >= 0.3 is 0 Å². The Balaban J connectivity index is 0.00000220. The molecule has 0 fully saturated rings. The molecule has 0 aliphatic heterocycles. The second-order valence-corrected chi connectivity index (χ2v) is 4.71. The lowest BCUT2D eigenvalue weighted by Crippen LogP contribution is -2.14. The van der Waals surface area contributed by atoms with Crippen LogP contribution in [0.2, 0.25) is 0 Å². The fourth-order valence-electron chi connectivity index (χ4n) is 2.03. The summed E-state index contributed by atoms with van der Waals surface area (Å²) in [7, 11) is 0. The molecule has 2 rings (SSSR count). The molecule has 0 radical (unpaired) electrons. The standard InChI is InChI=1S/C16H20FNO2.ClH/c17-15-7-3-2-6-14(15)16-9-8-13(20-16)12-18-10-4-1-5-11-19;/h2-3,6-9,18-19H,1,4-5,10-12H2;1H. The Hall–Kier alpha value is -1.36. The lowest BCUT2D eigenvalue weighted by Gasteiger charge is -2.02. The zero-order valence-electron chi connectivity index (χ0n) is 11.8. The van der Waals surface area contributed by atoms with Crippen LogP contribution >= 0.6 is 12.4 Å². The van der Waals surface area contributed by atoms with Crippen LogP contribution in [0.3, 0.4) is 0 Å². The van der Waals surface area contributed by atoms with Crippen LogP contribution in [0.1, 0.15) is 25.0 Å². The predicted octanol–water partition coefficient (Wildman–Crippen LogP) is 3.76. The summed E-state index contributed by atoms with van der Waals surface area (Å²) in [5.41, 5.74) is 0.488. The zero-order chi connectivity index (χ0) is 14.2. The zero-order valence-corrected chi connectivity index (χ0v) is 12.7. The van der Waals surface area contributed by atoms with Gasteiger partial charge in [0.15, 0.2) is 0 Å². The van der Waals surface area contributed by atoms with Crippen LogP contribution in [0.4, 0.5) is 4.39 Å². The van der Waals surface area contributed by atoms with Crippen LogP contribution in [0.5, 0.6) is 0 Å². The topological polar surface area (TPSA) is 45.4 Å². The molecule has 0 aliphatic carbocycles. The van der Waals surface area contributed by atoms with E-state index < -0.39 is 0 Å². The Labute approximate surface area is 130 Å². The molecule has 5 heteroatoms. The largest absolute Gasteiger partial charge is 0.460 e. The quantitative estimate of drug-likeness (QED) is 0.729. The van der Waals surface area contributed by atoms with E-state index in [0.29, 0.717) is 17.9 Å². The maximum Gasteiger partial charge on any atom is 0.137 e. The number of benzene rings is 1. The van der Waals surface area contributed by atoms with Gasteiger partial charge in [0.2, 0.25) is 0 Å². The van der Waals surface area contributed by atoms with E-state index in [4.69, 9.17) is 9.52 Å². The summed E-state index contributed by atoms with van der Waals surface area (Å²) in [5.74, 6) is 1.08. The van der Waals surface area contributed by atoms with Crippen LogP contribution in [0, 0.1) is 5.82 Å². The fraction of sp³-hybridized carbons (Fsp3) is 0.375. The lowest BCUT2D eigenvalue weighted by molar-refractivity contribution is 0.282. The minimum absolute atomic E-state index is 0. The monoisotopic (exact) mass is 313 g/mol. The van der Waals surface area contributed by atoms with Gasteiger partial charge in [0.05, 0.1) is 12.1 Å². The van der Waals surface area contributed by atoms with Crippen molar-refractivity contribution in [3.8, 4) is 11.3 Å². The third-order valence-corrected chi connectivity index (χ3v) is 3.11. The van der Waals surface area contributed by atoms with Crippen molar-refractivity contribution in [2.75, 3.05) is 13.2 Å². The maximum atomic E-state index is 13.6. The number of hydrogen-bond acceptors (Lipinski definition) is 3. The van der Waals surface area contributed by atoms with Crippen LogP contribution < -0.4 is 5.32 Å². The van der Waals surface area contributed by atoms with Crippen molar-refractivity contribution in [2.45, 2.75) is 25.8 Å². The first-order valence-electron chi connectivity index (χ1n) is 6.96. The van der Waals surface area contributed by atoms with Gasteiger partial charge in [-0.05, 0) is 50.1 Å². The SMILES string of the molecule is Cl.OCCCCCNCc1ccc(-c2ccccc2F)o1. The molecule has 1 aromatic carbocycles. The van der Waals surface area contributed by atoms with Gasteiger partial charge in [-0.15, -0.1) is 12.4 Å². The van der Waals surface area contributed by atoms with Crippen LogP contribution in [0.15, 0.2) is 40.8 Å². The third kappa shape index (κ3) is 5.50. The molecule has 2 aromatic rings. The van der Waals surface area contributed by atoms with Crippen LogP contribution in [-0.4, -0.2) is 18.3 Å². The molecular weight excluding hydrogens is 293 g/mol. The summed E-state index contributed by atoms with van der Waals surface area (Å²) in [6.45, 7) is 1.77. The molecule has 1 aromatic heterocycles. The van der Waals surface area contributed by atoms with E-state index in [1.54, 1.807) is 24.3 Å². The summed E-state index contributed by atoms with van der Waals surface area (Å²) in [4.78, 5) is 0. The van der Waals surface area contributed by atoms with Gasteiger partial charge in [0, 0.05) is 6.61 Å². The number of rotatable bonds is 8. The molecule has 0 bridgehead atoms. The molecule has 2 N–H and O–H groups in total. The molecule has 0 aliphatic rings. The van der Waals surface area contributed by atoms with Gasteiger partial charge in [-0.1, -0.05) is 12.1 Å². The van der Waals surface area contributed by atoms with Gasteiger partial charge in [-0.3, -0.25) is 0 Å². The summed E-state index contributed by atoms with van der Waals surface area (Å²) in [6, 6.07) is 10.2. The average molecular weight is 314 g/mol. The number of unbranched alkanes of at least 4 members (excludes halogenated alkanes) is 2. The van der Waals surface area contributed by atoms with Crippen LogP contribution in [-0.2, 0) is 6.54 Å². The highest BCUT2D eigenvalue weighted by Crippen LogP contribution is 2.24. The Morgan fingerprint density at radius 1 is 1.05 bits per heavy atom. The van der Waals surface area contributed by atoms with E-state index in [-0.39, 0.29) is 24.8 Å². The second kappa shape index (κ2) is 9.55. The Bertz CT molecular complexity index is 531. The number of aliphatic hydroxyl groups excluding tert-OH is 1. The Morgan fingerprint density at radius 2 is 1.86 bits per heavy atom. The lowest BCUT2D eigenvalue weighted by atomic mass is 10.1. The molecule has 116 valence electrons. The Morgan fingerprint density at radius 3 is 2.62 bits per heavy atom. The normalized spacial score (nSPS) is 10.4.